The van der Waals surface area contributed by atoms with E-state index in [1.807, 2.05) is 0 Å². The normalized spacial score (nSPS) is 19.6. The van der Waals surface area contributed by atoms with Gasteiger partial charge in [0, 0.05) is 39.1 Å². The second kappa shape index (κ2) is 21.1. The van der Waals surface area contributed by atoms with E-state index in [4.69, 9.17) is 10.5 Å². The van der Waals surface area contributed by atoms with Crippen molar-refractivity contribution < 1.29 is 58.7 Å². The zero-order valence-electron chi connectivity index (χ0n) is 32.6. The molecule has 2 heterocycles. The molecule has 2 aromatic carbocycles. The fraction of sp³-hybridized carbons (Fsp3) is 0.447. The molecular weight excluding hydrogens is 793 g/mol. The lowest BCUT2D eigenvalue weighted by Crippen LogP contribution is -2.62. The summed E-state index contributed by atoms with van der Waals surface area (Å²) < 4.78 is 5.74. The maximum Gasteiger partial charge on any atom is 0.327 e. The summed E-state index contributed by atoms with van der Waals surface area (Å²) in [6.45, 7) is 1.47. The number of aliphatic hydroxyl groups is 1. The van der Waals surface area contributed by atoms with Gasteiger partial charge < -0.3 is 57.1 Å². The summed E-state index contributed by atoms with van der Waals surface area (Å²) in [6, 6.07) is 3.80. The molecule has 59 heavy (non-hydrogen) atoms. The van der Waals surface area contributed by atoms with Gasteiger partial charge >= 0.3 is 18.0 Å². The zero-order chi connectivity index (χ0) is 43.4. The van der Waals surface area contributed by atoms with Gasteiger partial charge in [-0.05, 0) is 67.2 Å². The van der Waals surface area contributed by atoms with Crippen LogP contribution < -0.4 is 32.3 Å². The molecule has 0 spiro atoms. The second-order valence-electron chi connectivity index (χ2n) is 14.1. The van der Waals surface area contributed by atoms with Gasteiger partial charge in [-0.3, -0.25) is 29.4 Å². The van der Waals surface area contributed by atoms with E-state index < -0.39 is 84.2 Å². The lowest BCUT2D eigenvalue weighted by molar-refractivity contribution is -0.139. The number of carboxylic acid groups (broad SMARTS) is 1. The second-order valence-corrected chi connectivity index (χ2v) is 15.1. The van der Waals surface area contributed by atoms with Crippen molar-refractivity contribution in [3.05, 3.63) is 71.6 Å². The summed E-state index contributed by atoms with van der Waals surface area (Å²) in [5.41, 5.74) is 7.26. The third-order valence-corrected chi connectivity index (χ3v) is 10.3. The average Bonchev–Trinajstić information content (AvgIpc) is 3.55. The first kappa shape index (κ1) is 45.6. The van der Waals surface area contributed by atoms with Crippen molar-refractivity contribution in [2.45, 2.75) is 81.6 Å². The molecule has 0 saturated carbocycles. The highest BCUT2D eigenvalue weighted by Crippen LogP contribution is 2.27. The largest absolute Gasteiger partial charge is 0.508 e. The number of hydrogen-bond donors (Lipinski definition) is 10. The number of rotatable bonds is 18. The van der Waals surface area contributed by atoms with Gasteiger partial charge in [0.15, 0.2) is 0 Å². The van der Waals surface area contributed by atoms with Crippen LogP contribution in [-0.4, -0.2) is 140 Å². The average molecular weight is 843 g/mol. The SMILES string of the molecule is CSCC[C@H](NC(=O)N[C@H](Cc1cccc(O)c1)C(=O)O)C(=O)N[C@@H](C(=O)N/C=C1\C[C@@H](O)[C@H](N2CCC(=O)NC2=O)O1)[C@H](C)N(C)C(=O)[C@@H](N)Cc1cccc(O)c1. The van der Waals surface area contributed by atoms with Crippen molar-refractivity contribution in [2.24, 2.45) is 5.73 Å². The van der Waals surface area contributed by atoms with Crippen LogP contribution in [0.3, 0.4) is 0 Å². The molecule has 2 aromatic rings. The number of aliphatic carboxylic acids is 1. The Bertz CT molecular complexity index is 1920. The van der Waals surface area contributed by atoms with Crippen LogP contribution in [0.1, 0.15) is 37.3 Å². The van der Waals surface area contributed by atoms with E-state index in [-0.39, 0.29) is 55.9 Å². The standard InChI is InChI=1S/C38H50N8O12S/c1-20(45(2)34(53)26(39)16-21-6-4-8-23(47)14-21)31(33(52)40-19-25-18-29(49)35(58-25)46-12-10-30(50)43-38(46)57)44-32(51)27(11-13-59-3)41-37(56)42-28(36(54)55)17-22-7-5-9-24(48)15-22/h4-9,14-15,19-20,26-29,31,35,47-49H,10-13,16-18,39H2,1-3H3,(H,40,52)(H,44,51)(H,54,55)(H2,41,42,56)(H,43,50,57)/b25-19+/t20-,26-,27-,28+,29+,31+,35+/m0/s1. The van der Waals surface area contributed by atoms with Crippen molar-refractivity contribution in [3.8, 4) is 11.5 Å². The number of aromatic hydroxyl groups is 2. The van der Waals surface area contributed by atoms with Crippen LogP contribution >= 0.6 is 11.8 Å². The minimum atomic E-state index is -1.51. The number of hydrogen-bond acceptors (Lipinski definition) is 13. The van der Waals surface area contributed by atoms with E-state index in [2.05, 4.69) is 26.6 Å². The first-order valence-electron chi connectivity index (χ1n) is 18.6. The maximum atomic E-state index is 13.9. The Hall–Kier alpha value is -6.06. The number of likely N-dealkylation sites (N-methyl/N-ethyl adjacent to an activating group) is 1. The number of nitrogens with two attached hydrogens (primary N) is 1. The molecule has 2 aliphatic heterocycles. The van der Waals surface area contributed by atoms with Gasteiger partial charge in [0.1, 0.15) is 41.5 Å². The molecule has 0 aliphatic carbocycles. The number of phenols is 2. The van der Waals surface area contributed by atoms with Crippen LogP contribution in [0.5, 0.6) is 11.5 Å². The number of aliphatic hydroxyl groups excluding tert-OH is 1. The molecule has 2 aliphatic rings. The molecular formula is C38H50N8O12S. The van der Waals surface area contributed by atoms with E-state index in [1.54, 1.807) is 24.5 Å². The topological polar surface area (TPSA) is 302 Å². The number of phenolic OH excluding ortho intramolecular Hbond substituents is 2. The monoisotopic (exact) mass is 842 g/mol. The molecule has 0 aromatic heterocycles. The Morgan fingerprint density at radius 1 is 1.00 bits per heavy atom. The number of carbonyl (C=O) groups is 7. The Morgan fingerprint density at radius 2 is 1.63 bits per heavy atom. The van der Waals surface area contributed by atoms with Crippen molar-refractivity contribution in [1.82, 2.24) is 36.4 Å². The van der Waals surface area contributed by atoms with Crippen LogP contribution in [0, 0.1) is 0 Å². The summed E-state index contributed by atoms with van der Waals surface area (Å²) in [5.74, 6) is -3.87. The first-order chi connectivity index (χ1) is 28.0. The van der Waals surface area contributed by atoms with Gasteiger partial charge in [0.25, 0.3) is 0 Å². The number of urea groups is 2. The third-order valence-electron chi connectivity index (χ3n) is 9.67. The van der Waals surface area contributed by atoms with Gasteiger partial charge in [-0.1, -0.05) is 24.3 Å². The fourth-order valence-electron chi connectivity index (χ4n) is 6.37. The predicted octanol–water partition coefficient (Wildman–Crippen LogP) is -0.577. The molecule has 11 N–H and O–H groups in total. The molecule has 0 radical (unpaired) electrons. The van der Waals surface area contributed by atoms with E-state index in [9.17, 15) is 54.0 Å². The van der Waals surface area contributed by atoms with Crippen molar-refractivity contribution in [2.75, 3.05) is 25.6 Å². The highest BCUT2D eigenvalue weighted by molar-refractivity contribution is 7.98. The maximum absolute atomic E-state index is 13.9. The van der Waals surface area contributed by atoms with Crippen LogP contribution in [0.2, 0.25) is 0 Å². The molecule has 20 nitrogen and oxygen atoms in total. The lowest BCUT2D eigenvalue weighted by atomic mass is 10.0. The van der Waals surface area contributed by atoms with Crippen LogP contribution in [-0.2, 0) is 41.6 Å². The van der Waals surface area contributed by atoms with Gasteiger partial charge in [0.05, 0.1) is 12.1 Å². The molecule has 21 heteroatoms. The molecule has 0 bridgehead atoms. The molecule has 2 saturated heterocycles. The number of benzene rings is 2. The zero-order valence-corrected chi connectivity index (χ0v) is 33.4. The van der Waals surface area contributed by atoms with Crippen LogP contribution in [0.4, 0.5) is 9.59 Å². The third kappa shape index (κ3) is 13.0. The number of carbonyl (C=O) groups excluding carboxylic acids is 6. The Labute approximate surface area is 343 Å². The smallest absolute Gasteiger partial charge is 0.327 e. The molecule has 7 atom stereocenters. The van der Waals surface area contributed by atoms with E-state index in [0.717, 1.165) is 11.1 Å². The van der Waals surface area contributed by atoms with Gasteiger partial charge in [0.2, 0.25) is 29.9 Å². The summed E-state index contributed by atoms with van der Waals surface area (Å²) >= 11 is 1.36. The van der Waals surface area contributed by atoms with E-state index in [1.165, 1.54) is 61.0 Å². The first-order valence-corrected chi connectivity index (χ1v) is 20.0. The number of thioether (sulfide) groups is 1. The van der Waals surface area contributed by atoms with E-state index >= 15 is 0 Å². The lowest BCUT2D eigenvalue weighted by Gasteiger charge is -2.34. The van der Waals surface area contributed by atoms with Crippen molar-refractivity contribution in [1.29, 1.82) is 0 Å². The van der Waals surface area contributed by atoms with Crippen molar-refractivity contribution >= 4 is 53.4 Å². The highest BCUT2D eigenvalue weighted by Gasteiger charge is 2.41. The molecule has 8 amide bonds. The number of nitrogens with zero attached hydrogens (tertiary/aromatic N) is 2. The number of amides is 8. The quantitative estimate of drug-likeness (QED) is 0.0899. The summed E-state index contributed by atoms with van der Waals surface area (Å²) in [5, 5.41) is 52.2. The van der Waals surface area contributed by atoms with Crippen LogP contribution in [0.25, 0.3) is 0 Å². The molecule has 0 unspecified atom stereocenters. The van der Waals surface area contributed by atoms with Gasteiger partial charge in [-0.2, -0.15) is 11.8 Å². The van der Waals surface area contributed by atoms with Gasteiger partial charge in [-0.15, -0.1) is 0 Å². The van der Waals surface area contributed by atoms with Crippen molar-refractivity contribution in [3.63, 3.8) is 0 Å². The Kier molecular flexibility index (Phi) is 16.3. The number of carboxylic acids is 1. The van der Waals surface area contributed by atoms with Gasteiger partial charge in [-0.25, -0.2) is 14.4 Å². The molecule has 4 rings (SSSR count). The molecule has 2 fully saturated rings. The number of nitrogens with one attached hydrogen (secondary N) is 5. The summed E-state index contributed by atoms with van der Waals surface area (Å²) in [7, 11) is 1.38. The Morgan fingerprint density at radius 3 is 2.22 bits per heavy atom. The summed E-state index contributed by atoms with van der Waals surface area (Å²) in [6.07, 6.45) is 0.281. The highest BCUT2D eigenvalue weighted by atomic mass is 32.2. The minimum Gasteiger partial charge on any atom is -0.508 e. The van der Waals surface area contributed by atoms with Crippen LogP contribution in [0.15, 0.2) is 60.5 Å². The number of ether oxygens (including phenoxy) is 1. The molecule has 320 valence electrons. The predicted molar refractivity (Wildman–Crippen MR) is 212 cm³/mol. The van der Waals surface area contributed by atoms with E-state index in [0.29, 0.717) is 16.9 Å². The Balaban J connectivity index is 1.53. The fourth-order valence-corrected chi connectivity index (χ4v) is 6.84. The minimum absolute atomic E-state index is 0.00917. The summed E-state index contributed by atoms with van der Waals surface area (Å²) in [4.78, 5) is 93.0. The number of imide groups is 1.